The van der Waals surface area contributed by atoms with Gasteiger partial charge >= 0.3 is 0 Å². The molecule has 5 aliphatic rings. The molecule has 1 saturated heterocycles. The molecule has 1 aromatic carbocycles. The van der Waals surface area contributed by atoms with E-state index in [4.69, 9.17) is 9.47 Å². The van der Waals surface area contributed by atoms with Gasteiger partial charge in [-0.2, -0.15) is 0 Å². The van der Waals surface area contributed by atoms with Gasteiger partial charge in [0.05, 0.1) is 7.11 Å². The van der Waals surface area contributed by atoms with E-state index in [0.29, 0.717) is 23.0 Å². The second-order valence-electron chi connectivity index (χ2n) is 11.1. The zero-order chi connectivity index (χ0) is 22.1. The maximum atomic E-state index is 12.4. The quantitative estimate of drug-likeness (QED) is 0.632. The Labute approximate surface area is 193 Å². The number of hydrogen-bond acceptors (Lipinski definition) is 4. The minimum absolute atomic E-state index is 0.0712. The van der Waals surface area contributed by atoms with E-state index >= 15 is 0 Å². The van der Waals surface area contributed by atoms with Gasteiger partial charge < -0.3 is 19.7 Å². The molecule has 1 heterocycles. The van der Waals surface area contributed by atoms with E-state index in [0.717, 1.165) is 50.2 Å². The van der Waals surface area contributed by atoms with Crippen molar-refractivity contribution in [1.82, 2.24) is 10.2 Å². The number of ether oxygens (including phenoxy) is 2. The van der Waals surface area contributed by atoms with E-state index in [-0.39, 0.29) is 12.5 Å². The molecule has 176 valence electrons. The van der Waals surface area contributed by atoms with Crippen molar-refractivity contribution in [2.45, 2.75) is 77.3 Å². The second kappa shape index (κ2) is 9.24. The zero-order valence-corrected chi connectivity index (χ0v) is 19.9. The molecule has 5 nitrogen and oxygen atoms in total. The standard InChI is InChI=1S/C27H40N2O3/c1-19(27-14-21-10-22(15-27)12-23(11-21)16-27)28-17-20-6-7-24(25(13-20)31-2)32-18-26(30)29-8-4-3-5-9-29/h6-7,13,19,21-23,28H,3-5,8-12,14-18H2,1-2H3/t19-,21?,22?,23?,27?/m1/s1. The number of nitrogens with one attached hydrogen (secondary N) is 1. The number of nitrogens with zero attached hydrogens (tertiary/aromatic N) is 1. The Morgan fingerprint density at radius 2 is 1.72 bits per heavy atom. The van der Waals surface area contributed by atoms with Crippen LogP contribution in [0.1, 0.15) is 70.3 Å². The SMILES string of the molecule is COc1cc(CN[C@H](C)C23CC4CC(CC(C4)C2)C3)ccc1OCC(=O)N1CCCCC1. The predicted molar refractivity (Wildman–Crippen MR) is 126 cm³/mol. The second-order valence-corrected chi connectivity index (χ2v) is 11.1. The number of amides is 1. The number of benzene rings is 1. The van der Waals surface area contributed by atoms with Crippen molar-refractivity contribution in [3.63, 3.8) is 0 Å². The number of hydrogen-bond donors (Lipinski definition) is 1. The van der Waals surface area contributed by atoms with Gasteiger partial charge in [-0.05, 0) is 106 Å². The maximum Gasteiger partial charge on any atom is 0.260 e. The summed E-state index contributed by atoms with van der Waals surface area (Å²) in [6.07, 6.45) is 12.2. The summed E-state index contributed by atoms with van der Waals surface area (Å²) < 4.78 is 11.4. The Hall–Kier alpha value is -1.75. The van der Waals surface area contributed by atoms with Crippen LogP contribution in [0.2, 0.25) is 0 Å². The van der Waals surface area contributed by atoms with Gasteiger partial charge in [0.15, 0.2) is 18.1 Å². The summed E-state index contributed by atoms with van der Waals surface area (Å²) in [4.78, 5) is 14.3. The third-order valence-corrected chi connectivity index (χ3v) is 8.90. The van der Waals surface area contributed by atoms with Crippen LogP contribution in [0.3, 0.4) is 0 Å². The van der Waals surface area contributed by atoms with Gasteiger partial charge in [0, 0.05) is 25.7 Å². The number of piperidine rings is 1. The molecule has 0 spiro atoms. The van der Waals surface area contributed by atoms with Crippen LogP contribution in [0.5, 0.6) is 11.5 Å². The highest BCUT2D eigenvalue weighted by atomic mass is 16.5. The molecule has 1 aliphatic heterocycles. The van der Waals surface area contributed by atoms with Crippen LogP contribution >= 0.6 is 0 Å². The summed E-state index contributed by atoms with van der Waals surface area (Å²) in [6, 6.07) is 6.65. The van der Waals surface area contributed by atoms with Crippen LogP contribution in [-0.4, -0.2) is 43.7 Å². The van der Waals surface area contributed by atoms with E-state index in [9.17, 15) is 4.79 Å². The molecule has 4 bridgehead atoms. The first-order valence-corrected chi connectivity index (χ1v) is 12.9. The maximum absolute atomic E-state index is 12.4. The van der Waals surface area contributed by atoms with Crippen LogP contribution < -0.4 is 14.8 Å². The molecule has 1 aromatic rings. The fourth-order valence-corrected chi connectivity index (χ4v) is 7.51. The Morgan fingerprint density at radius 1 is 1.06 bits per heavy atom. The molecule has 1 atom stereocenters. The molecular weight excluding hydrogens is 400 g/mol. The van der Waals surface area contributed by atoms with Crippen LogP contribution in [0.15, 0.2) is 18.2 Å². The van der Waals surface area contributed by atoms with Crippen molar-refractivity contribution >= 4 is 5.91 Å². The van der Waals surface area contributed by atoms with E-state index in [2.05, 4.69) is 24.4 Å². The van der Waals surface area contributed by atoms with Crippen LogP contribution in [0.4, 0.5) is 0 Å². The summed E-state index contributed by atoms with van der Waals surface area (Å²) in [7, 11) is 1.67. The molecule has 0 unspecified atom stereocenters. The van der Waals surface area contributed by atoms with E-state index in [1.165, 1.54) is 50.5 Å². The molecule has 0 radical (unpaired) electrons. The first-order valence-electron chi connectivity index (χ1n) is 12.9. The Bertz CT molecular complexity index is 782. The molecule has 6 rings (SSSR count). The smallest absolute Gasteiger partial charge is 0.260 e. The van der Waals surface area contributed by atoms with Gasteiger partial charge in [-0.25, -0.2) is 0 Å². The van der Waals surface area contributed by atoms with Crippen LogP contribution in [0, 0.1) is 23.2 Å². The average Bonchev–Trinajstić information content (AvgIpc) is 2.80. The molecular formula is C27H40N2O3. The topological polar surface area (TPSA) is 50.8 Å². The zero-order valence-electron chi connectivity index (χ0n) is 19.9. The van der Waals surface area contributed by atoms with Crippen molar-refractivity contribution in [1.29, 1.82) is 0 Å². The molecule has 32 heavy (non-hydrogen) atoms. The highest BCUT2D eigenvalue weighted by Crippen LogP contribution is 2.61. The van der Waals surface area contributed by atoms with Crippen molar-refractivity contribution < 1.29 is 14.3 Å². The van der Waals surface area contributed by atoms with E-state index < -0.39 is 0 Å². The van der Waals surface area contributed by atoms with E-state index in [1.54, 1.807) is 7.11 Å². The summed E-state index contributed by atoms with van der Waals surface area (Å²) in [5.41, 5.74) is 1.71. The van der Waals surface area contributed by atoms with Crippen molar-refractivity contribution in [2.75, 3.05) is 26.8 Å². The van der Waals surface area contributed by atoms with Gasteiger partial charge in [-0.3, -0.25) is 4.79 Å². The van der Waals surface area contributed by atoms with E-state index in [1.807, 2.05) is 11.0 Å². The third kappa shape index (κ3) is 4.50. The molecule has 5 fully saturated rings. The number of methoxy groups -OCH3 is 1. The lowest BCUT2D eigenvalue weighted by atomic mass is 9.48. The van der Waals surface area contributed by atoms with Gasteiger partial charge in [-0.15, -0.1) is 0 Å². The lowest BCUT2D eigenvalue weighted by molar-refractivity contribution is -0.134. The average molecular weight is 441 g/mol. The lowest BCUT2D eigenvalue weighted by Gasteiger charge is -2.59. The molecule has 5 heteroatoms. The van der Waals surface area contributed by atoms with Crippen molar-refractivity contribution in [3.05, 3.63) is 23.8 Å². The third-order valence-electron chi connectivity index (χ3n) is 8.90. The van der Waals surface area contributed by atoms with Gasteiger partial charge in [-0.1, -0.05) is 6.07 Å². The van der Waals surface area contributed by atoms with Crippen LogP contribution in [-0.2, 0) is 11.3 Å². The van der Waals surface area contributed by atoms with Crippen molar-refractivity contribution in [3.8, 4) is 11.5 Å². The van der Waals surface area contributed by atoms with Crippen molar-refractivity contribution in [2.24, 2.45) is 23.2 Å². The largest absolute Gasteiger partial charge is 0.493 e. The number of carbonyl (C=O) groups excluding carboxylic acids is 1. The fraction of sp³-hybridized carbons (Fsp3) is 0.741. The number of carbonyl (C=O) groups is 1. The summed E-state index contributed by atoms with van der Waals surface area (Å²) in [5.74, 6) is 4.37. The van der Waals surface area contributed by atoms with Gasteiger partial charge in [0.2, 0.25) is 0 Å². The highest BCUT2D eigenvalue weighted by molar-refractivity contribution is 5.78. The molecule has 4 saturated carbocycles. The molecule has 0 aromatic heterocycles. The number of rotatable bonds is 8. The normalized spacial score (nSPS) is 32.1. The Balaban J connectivity index is 1.16. The monoisotopic (exact) mass is 440 g/mol. The highest BCUT2D eigenvalue weighted by Gasteiger charge is 2.52. The minimum atomic E-state index is 0.0712. The molecule has 1 amide bonds. The number of likely N-dealkylation sites (tertiary alicyclic amines) is 1. The lowest BCUT2D eigenvalue weighted by Crippen LogP contribution is -2.54. The van der Waals surface area contributed by atoms with Gasteiger partial charge in [0.1, 0.15) is 0 Å². The Kier molecular flexibility index (Phi) is 6.37. The van der Waals surface area contributed by atoms with Crippen LogP contribution in [0.25, 0.3) is 0 Å². The first-order chi connectivity index (χ1) is 15.5. The first kappa shape index (κ1) is 22.1. The summed E-state index contributed by atoms with van der Waals surface area (Å²) in [6.45, 7) is 5.04. The molecule has 1 N–H and O–H groups in total. The minimum Gasteiger partial charge on any atom is -0.493 e. The Morgan fingerprint density at radius 3 is 2.34 bits per heavy atom. The summed E-state index contributed by atoms with van der Waals surface area (Å²) in [5, 5.41) is 3.86. The summed E-state index contributed by atoms with van der Waals surface area (Å²) >= 11 is 0. The van der Waals surface area contributed by atoms with Gasteiger partial charge in [0.25, 0.3) is 5.91 Å². The fourth-order valence-electron chi connectivity index (χ4n) is 7.51. The molecule has 4 aliphatic carbocycles. The predicted octanol–water partition coefficient (Wildman–Crippen LogP) is 4.78.